The summed E-state index contributed by atoms with van der Waals surface area (Å²) in [6, 6.07) is 0. The molecule has 0 bridgehead atoms. The first-order valence-electron chi connectivity index (χ1n) is 2.26. The summed E-state index contributed by atoms with van der Waals surface area (Å²) in [6.07, 6.45) is -1.16. The minimum Gasteiger partial charge on any atom is -0.481 e. The van der Waals surface area contributed by atoms with Crippen molar-refractivity contribution in [3.63, 3.8) is 0 Å². The van der Waals surface area contributed by atoms with Crippen molar-refractivity contribution < 1.29 is 15.0 Å². The van der Waals surface area contributed by atoms with Crippen molar-refractivity contribution in [2.24, 2.45) is 5.73 Å². The molecule has 0 aliphatic carbocycles. The number of aliphatic carboxylic acids is 1. The third kappa shape index (κ3) is 3.58. The normalized spacial score (nSPS) is 13.2. The highest BCUT2D eigenvalue weighted by atomic mass is 16.4. The Morgan fingerprint density at radius 3 is 2.38 bits per heavy atom. The van der Waals surface area contributed by atoms with E-state index in [0.717, 1.165) is 0 Å². The van der Waals surface area contributed by atoms with E-state index in [1.54, 1.807) is 0 Å². The van der Waals surface area contributed by atoms with Crippen LogP contribution in [-0.4, -0.2) is 28.8 Å². The van der Waals surface area contributed by atoms with E-state index in [9.17, 15) is 4.79 Å². The molecule has 8 heavy (non-hydrogen) atoms. The number of rotatable bonds is 3. The van der Waals surface area contributed by atoms with Crippen molar-refractivity contribution in [3.8, 4) is 0 Å². The fraction of sp³-hybridized carbons (Fsp3) is 0.750. The van der Waals surface area contributed by atoms with Gasteiger partial charge in [0, 0.05) is 6.54 Å². The molecule has 0 aromatic rings. The Labute approximate surface area is 46.9 Å². The van der Waals surface area contributed by atoms with Gasteiger partial charge in [-0.15, -0.1) is 0 Å². The number of carboxylic acids is 1. The lowest BCUT2D eigenvalue weighted by molar-refractivity contribution is -0.139. The highest BCUT2D eigenvalue weighted by Gasteiger charge is 2.04. The van der Waals surface area contributed by atoms with Crippen LogP contribution in [0.5, 0.6) is 0 Å². The van der Waals surface area contributed by atoms with Crippen molar-refractivity contribution in [3.05, 3.63) is 0 Å². The number of carbonyl (C=O) groups is 1. The number of nitrogens with two attached hydrogens (primary N) is 1. The Kier molecular flexibility index (Phi) is 3.14. The topological polar surface area (TPSA) is 83.5 Å². The smallest absolute Gasteiger partial charge is 0.306 e. The van der Waals surface area contributed by atoms with Crippen LogP contribution < -0.4 is 5.73 Å². The predicted octanol–water partition coefficient (Wildman–Crippen LogP) is -1.22. The van der Waals surface area contributed by atoms with Gasteiger partial charge in [0.15, 0.2) is 0 Å². The Morgan fingerprint density at radius 1 is 1.75 bits per heavy atom. The Bertz CT molecular complexity index is 83.4. The number of aliphatic hydroxyl groups excluding tert-OH is 1. The zero-order valence-electron chi connectivity index (χ0n) is 4.37. The van der Waals surface area contributed by atoms with Crippen LogP contribution in [-0.2, 0) is 4.79 Å². The maximum absolute atomic E-state index is 9.75. The van der Waals surface area contributed by atoms with Crippen LogP contribution in [0.25, 0.3) is 0 Å². The van der Waals surface area contributed by atoms with Crippen LogP contribution in [0.3, 0.4) is 0 Å². The Balaban J connectivity index is 3.24. The molecule has 0 aromatic heterocycles. The number of aliphatic hydroxyl groups is 1. The Hall–Kier alpha value is -0.610. The summed E-state index contributed by atoms with van der Waals surface area (Å²) in [5.41, 5.74) is 4.91. The van der Waals surface area contributed by atoms with Crippen LogP contribution in [0.15, 0.2) is 0 Å². The minimum atomic E-state index is -1.03. The van der Waals surface area contributed by atoms with Gasteiger partial charge in [-0.1, -0.05) is 0 Å². The summed E-state index contributed by atoms with van der Waals surface area (Å²) in [7, 11) is 0. The summed E-state index contributed by atoms with van der Waals surface area (Å²) < 4.78 is 0. The van der Waals surface area contributed by atoms with Crippen LogP contribution in [0, 0.1) is 0 Å². The van der Waals surface area contributed by atoms with Gasteiger partial charge in [0.2, 0.25) is 0 Å². The fourth-order valence-electron chi connectivity index (χ4n) is 0.285. The van der Waals surface area contributed by atoms with Crippen molar-refractivity contribution in [1.82, 2.24) is 0 Å². The molecule has 0 rings (SSSR count). The summed E-state index contributed by atoms with van der Waals surface area (Å²) in [4.78, 5) is 9.75. The molecule has 0 fully saturated rings. The second-order valence-electron chi connectivity index (χ2n) is 1.49. The maximum atomic E-state index is 9.75. The van der Waals surface area contributed by atoms with Crippen molar-refractivity contribution >= 4 is 5.97 Å². The third-order valence-corrected chi connectivity index (χ3v) is 0.682. The van der Waals surface area contributed by atoms with Gasteiger partial charge in [-0.05, 0) is 0 Å². The SMILES string of the molecule is NC[C@H](O)CC(=O)O. The molecule has 0 radical (unpaired) electrons. The second kappa shape index (κ2) is 3.40. The highest BCUT2D eigenvalue weighted by molar-refractivity contribution is 5.67. The van der Waals surface area contributed by atoms with Gasteiger partial charge < -0.3 is 15.9 Å². The van der Waals surface area contributed by atoms with Gasteiger partial charge in [0.05, 0.1) is 12.5 Å². The molecule has 0 saturated heterocycles. The molecule has 0 aliphatic heterocycles. The van der Waals surface area contributed by atoms with Gasteiger partial charge >= 0.3 is 5.97 Å². The average molecular weight is 119 g/mol. The first-order valence-corrected chi connectivity index (χ1v) is 2.26. The van der Waals surface area contributed by atoms with E-state index in [4.69, 9.17) is 15.9 Å². The molecule has 0 saturated carbocycles. The van der Waals surface area contributed by atoms with Gasteiger partial charge in [-0.3, -0.25) is 4.79 Å². The molecule has 48 valence electrons. The first-order chi connectivity index (χ1) is 3.66. The molecule has 0 amide bonds. The molecule has 0 unspecified atom stereocenters. The molecule has 1 atom stereocenters. The second-order valence-corrected chi connectivity index (χ2v) is 1.49. The van der Waals surface area contributed by atoms with Gasteiger partial charge in [-0.2, -0.15) is 0 Å². The van der Waals surface area contributed by atoms with E-state index < -0.39 is 12.1 Å². The van der Waals surface area contributed by atoms with Gasteiger partial charge in [0.25, 0.3) is 0 Å². The molecule has 4 N–H and O–H groups in total. The first kappa shape index (κ1) is 7.39. The van der Waals surface area contributed by atoms with Crippen LogP contribution in [0.1, 0.15) is 6.42 Å². The van der Waals surface area contributed by atoms with Crippen LogP contribution in [0.4, 0.5) is 0 Å². The molecule has 0 spiro atoms. The fourth-order valence-corrected chi connectivity index (χ4v) is 0.285. The van der Waals surface area contributed by atoms with Crippen molar-refractivity contribution in [2.45, 2.75) is 12.5 Å². The van der Waals surface area contributed by atoms with Crippen LogP contribution >= 0.6 is 0 Å². The average Bonchev–Trinajstić information content (AvgIpc) is 1.65. The summed E-state index contributed by atoms with van der Waals surface area (Å²) in [5.74, 6) is -1.03. The van der Waals surface area contributed by atoms with Crippen molar-refractivity contribution in [2.75, 3.05) is 6.54 Å². The molecule has 0 aromatic carbocycles. The molecule has 0 aliphatic rings. The highest BCUT2D eigenvalue weighted by Crippen LogP contribution is 1.85. The van der Waals surface area contributed by atoms with Gasteiger partial charge in [-0.25, -0.2) is 0 Å². The molecule has 4 heteroatoms. The predicted molar refractivity (Wildman–Crippen MR) is 27.3 cm³/mol. The molecule has 4 nitrogen and oxygen atoms in total. The van der Waals surface area contributed by atoms with Gasteiger partial charge in [0.1, 0.15) is 0 Å². The lowest BCUT2D eigenvalue weighted by atomic mass is 10.3. The number of hydrogen-bond acceptors (Lipinski definition) is 3. The van der Waals surface area contributed by atoms with Crippen molar-refractivity contribution in [1.29, 1.82) is 0 Å². The number of hydrogen-bond donors (Lipinski definition) is 3. The minimum absolute atomic E-state index is 0.00625. The van der Waals surface area contributed by atoms with Crippen LogP contribution in [0.2, 0.25) is 0 Å². The maximum Gasteiger partial charge on any atom is 0.306 e. The van der Waals surface area contributed by atoms with E-state index >= 15 is 0 Å². The molecule has 0 heterocycles. The monoisotopic (exact) mass is 119 g/mol. The summed E-state index contributed by atoms with van der Waals surface area (Å²) in [6.45, 7) is 0.00625. The quantitative estimate of drug-likeness (QED) is 0.435. The van der Waals surface area contributed by atoms with E-state index in [2.05, 4.69) is 0 Å². The molecular formula is C4H9NO3. The lowest BCUT2D eigenvalue weighted by Gasteiger charge is -2.00. The summed E-state index contributed by atoms with van der Waals surface area (Å²) >= 11 is 0. The zero-order valence-corrected chi connectivity index (χ0v) is 4.37. The van der Waals surface area contributed by atoms with E-state index in [1.807, 2.05) is 0 Å². The van der Waals surface area contributed by atoms with E-state index in [-0.39, 0.29) is 13.0 Å². The standard InChI is InChI=1S/C4H9NO3/c5-2-3(6)1-4(7)8/h3,6H,1-2,5H2,(H,7,8)/t3-/m1/s1. The summed E-state index contributed by atoms with van der Waals surface area (Å²) in [5, 5.41) is 16.5. The third-order valence-electron chi connectivity index (χ3n) is 0.682. The lowest BCUT2D eigenvalue weighted by Crippen LogP contribution is -2.22. The number of carboxylic acid groups (broad SMARTS) is 1. The zero-order chi connectivity index (χ0) is 6.57. The van der Waals surface area contributed by atoms with E-state index in [1.165, 1.54) is 0 Å². The van der Waals surface area contributed by atoms with E-state index in [0.29, 0.717) is 0 Å². The Morgan fingerprint density at radius 2 is 2.25 bits per heavy atom. The molecular weight excluding hydrogens is 110 g/mol. The largest absolute Gasteiger partial charge is 0.481 e.